The molecule has 1 aromatic heterocycles. The first-order valence-corrected chi connectivity index (χ1v) is 9.60. The summed E-state index contributed by atoms with van der Waals surface area (Å²) in [6.45, 7) is 7.41. The number of hydrogen-bond donors (Lipinski definition) is 1. The lowest BCUT2D eigenvalue weighted by Gasteiger charge is -2.50. The van der Waals surface area contributed by atoms with E-state index in [1.54, 1.807) is 0 Å². The van der Waals surface area contributed by atoms with Crippen molar-refractivity contribution in [1.82, 2.24) is 15.4 Å². The number of aromatic nitrogens is 1. The highest BCUT2D eigenvalue weighted by Gasteiger charge is 2.45. The van der Waals surface area contributed by atoms with Crippen LogP contribution in [0.1, 0.15) is 66.8 Å². The van der Waals surface area contributed by atoms with Crippen LogP contribution in [0.5, 0.6) is 0 Å². The van der Waals surface area contributed by atoms with E-state index in [2.05, 4.69) is 41.7 Å². The normalized spacial score (nSPS) is 19.0. The highest BCUT2D eigenvalue weighted by Crippen LogP contribution is 2.48. The second kappa shape index (κ2) is 6.45. The highest BCUT2D eigenvalue weighted by molar-refractivity contribution is 5.75. The standard InChI is InChI=1S/C21H27N3O2/c1-4-18(19-14(2)23-26-15(19)3)22-20(25)24-12-16-8-5-6-9-17(16)21(13-24)10-7-11-21/h5-6,8-9,18H,4,7,10-13H2,1-3H3,(H,22,25)/t18-/m0/s1. The summed E-state index contributed by atoms with van der Waals surface area (Å²) in [5.74, 6) is 0.786. The van der Waals surface area contributed by atoms with Gasteiger partial charge in [0.2, 0.25) is 0 Å². The number of fused-ring (bicyclic) bond motifs is 2. The molecule has 5 heteroatoms. The number of nitrogens with zero attached hydrogens (tertiary/aromatic N) is 2. The molecule has 1 atom stereocenters. The molecule has 26 heavy (non-hydrogen) atoms. The molecular weight excluding hydrogens is 326 g/mol. The second-order valence-corrected chi connectivity index (χ2v) is 7.80. The fourth-order valence-electron chi connectivity index (χ4n) is 4.67. The maximum atomic E-state index is 13.1. The summed E-state index contributed by atoms with van der Waals surface area (Å²) in [5.41, 5.74) is 4.77. The molecule has 1 spiro atoms. The molecule has 0 unspecified atom stereocenters. The number of carbonyl (C=O) groups excluding carboxylic acids is 1. The number of benzene rings is 1. The molecule has 4 rings (SSSR count). The summed E-state index contributed by atoms with van der Waals surface area (Å²) in [6.07, 6.45) is 4.41. The molecule has 2 aliphatic rings. The Morgan fingerprint density at radius 1 is 1.35 bits per heavy atom. The molecule has 5 nitrogen and oxygen atoms in total. The molecular formula is C21H27N3O2. The van der Waals surface area contributed by atoms with Crippen LogP contribution in [0.3, 0.4) is 0 Å². The Hall–Kier alpha value is -2.30. The van der Waals surface area contributed by atoms with Crippen molar-refractivity contribution in [3.63, 3.8) is 0 Å². The molecule has 1 aliphatic carbocycles. The minimum atomic E-state index is -0.0664. The predicted molar refractivity (Wildman–Crippen MR) is 99.9 cm³/mol. The lowest BCUT2D eigenvalue weighted by atomic mass is 9.61. The Kier molecular flexibility index (Phi) is 4.25. The van der Waals surface area contributed by atoms with Crippen molar-refractivity contribution in [2.45, 2.75) is 64.5 Å². The van der Waals surface area contributed by atoms with Gasteiger partial charge in [-0.2, -0.15) is 0 Å². The zero-order valence-electron chi connectivity index (χ0n) is 15.8. The number of carbonyl (C=O) groups is 1. The van der Waals surface area contributed by atoms with Gasteiger partial charge >= 0.3 is 6.03 Å². The van der Waals surface area contributed by atoms with Crippen molar-refractivity contribution in [1.29, 1.82) is 0 Å². The second-order valence-electron chi connectivity index (χ2n) is 7.80. The van der Waals surface area contributed by atoms with Gasteiger partial charge in [0.05, 0.1) is 11.7 Å². The van der Waals surface area contributed by atoms with Crippen molar-refractivity contribution < 1.29 is 9.32 Å². The average molecular weight is 353 g/mol. The van der Waals surface area contributed by atoms with E-state index in [0.29, 0.717) is 6.54 Å². The van der Waals surface area contributed by atoms with Crippen LogP contribution in [-0.4, -0.2) is 22.6 Å². The van der Waals surface area contributed by atoms with E-state index in [4.69, 9.17) is 4.52 Å². The number of aryl methyl sites for hydroxylation is 2. The lowest BCUT2D eigenvalue weighted by molar-refractivity contribution is 0.123. The average Bonchev–Trinajstić information content (AvgIpc) is 2.95. The largest absolute Gasteiger partial charge is 0.361 e. The Bertz CT molecular complexity index is 803. The molecule has 2 heterocycles. The first kappa shape index (κ1) is 17.1. The Balaban J connectivity index is 1.55. The first-order valence-electron chi connectivity index (χ1n) is 9.60. The molecule has 0 radical (unpaired) electrons. The zero-order chi connectivity index (χ0) is 18.3. The molecule has 2 amide bonds. The fraction of sp³-hybridized carbons (Fsp3) is 0.524. The minimum absolute atomic E-state index is 0.0117. The van der Waals surface area contributed by atoms with Crippen LogP contribution >= 0.6 is 0 Å². The smallest absolute Gasteiger partial charge is 0.318 e. The number of hydrogen-bond acceptors (Lipinski definition) is 3. The summed E-state index contributed by atoms with van der Waals surface area (Å²) < 4.78 is 5.30. The van der Waals surface area contributed by atoms with Crippen molar-refractivity contribution in [3.8, 4) is 0 Å². The van der Waals surface area contributed by atoms with Crippen LogP contribution in [0.2, 0.25) is 0 Å². The van der Waals surface area contributed by atoms with Crippen molar-refractivity contribution in [2.24, 2.45) is 0 Å². The van der Waals surface area contributed by atoms with Gasteiger partial charge in [-0.3, -0.25) is 0 Å². The topological polar surface area (TPSA) is 58.4 Å². The summed E-state index contributed by atoms with van der Waals surface area (Å²) in [7, 11) is 0. The maximum Gasteiger partial charge on any atom is 0.318 e. The van der Waals surface area contributed by atoms with Gasteiger partial charge in [-0.1, -0.05) is 42.8 Å². The van der Waals surface area contributed by atoms with Crippen molar-refractivity contribution >= 4 is 6.03 Å². The summed E-state index contributed by atoms with van der Waals surface area (Å²) in [6, 6.07) is 8.56. The van der Waals surface area contributed by atoms with E-state index >= 15 is 0 Å². The van der Waals surface area contributed by atoms with Gasteiger partial charge in [0.25, 0.3) is 0 Å². The maximum absolute atomic E-state index is 13.1. The molecule has 1 aromatic carbocycles. The molecule has 2 aromatic rings. The first-order chi connectivity index (χ1) is 12.5. The lowest BCUT2D eigenvalue weighted by Crippen LogP contribution is -2.54. The molecule has 1 N–H and O–H groups in total. The van der Waals surface area contributed by atoms with Crippen LogP contribution in [0.4, 0.5) is 4.79 Å². The molecule has 1 aliphatic heterocycles. The molecule has 1 saturated carbocycles. The summed E-state index contributed by atoms with van der Waals surface area (Å²) in [4.78, 5) is 15.1. The minimum Gasteiger partial charge on any atom is -0.361 e. The molecule has 138 valence electrons. The zero-order valence-corrected chi connectivity index (χ0v) is 15.8. The Morgan fingerprint density at radius 2 is 2.12 bits per heavy atom. The van der Waals surface area contributed by atoms with E-state index in [0.717, 1.165) is 30.0 Å². The molecule has 0 bridgehead atoms. The van der Waals surface area contributed by atoms with Crippen LogP contribution in [-0.2, 0) is 12.0 Å². The fourth-order valence-corrected chi connectivity index (χ4v) is 4.67. The number of urea groups is 1. The van der Waals surface area contributed by atoms with Crippen LogP contribution < -0.4 is 5.32 Å². The predicted octanol–water partition coefficient (Wildman–Crippen LogP) is 4.39. The third kappa shape index (κ3) is 2.70. The number of amides is 2. The number of nitrogens with one attached hydrogen (secondary N) is 1. The van der Waals surface area contributed by atoms with E-state index < -0.39 is 0 Å². The summed E-state index contributed by atoms with van der Waals surface area (Å²) in [5, 5.41) is 7.26. The SMILES string of the molecule is CC[C@H](NC(=O)N1Cc2ccccc2C2(CCC2)C1)c1c(C)noc1C. The van der Waals surface area contributed by atoms with Gasteiger partial charge in [0.1, 0.15) is 5.76 Å². The van der Waals surface area contributed by atoms with Gasteiger partial charge in [-0.15, -0.1) is 0 Å². The highest BCUT2D eigenvalue weighted by atomic mass is 16.5. The Morgan fingerprint density at radius 3 is 2.73 bits per heavy atom. The van der Waals surface area contributed by atoms with E-state index in [9.17, 15) is 4.79 Å². The van der Waals surface area contributed by atoms with E-state index in [1.807, 2.05) is 18.7 Å². The monoisotopic (exact) mass is 353 g/mol. The van der Waals surface area contributed by atoms with Gasteiger partial charge in [0, 0.05) is 24.1 Å². The van der Waals surface area contributed by atoms with E-state index in [1.165, 1.54) is 30.4 Å². The third-order valence-electron chi connectivity index (χ3n) is 6.18. The Labute approximate surface area is 154 Å². The van der Waals surface area contributed by atoms with Crippen LogP contribution in [0, 0.1) is 13.8 Å². The van der Waals surface area contributed by atoms with Crippen molar-refractivity contribution in [3.05, 3.63) is 52.4 Å². The van der Waals surface area contributed by atoms with Crippen LogP contribution in [0.25, 0.3) is 0 Å². The van der Waals surface area contributed by atoms with Gasteiger partial charge in [-0.05, 0) is 44.2 Å². The van der Waals surface area contributed by atoms with Gasteiger partial charge in [-0.25, -0.2) is 4.79 Å². The molecule has 1 fully saturated rings. The van der Waals surface area contributed by atoms with Crippen LogP contribution in [0.15, 0.2) is 28.8 Å². The quantitative estimate of drug-likeness (QED) is 0.890. The summed E-state index contributed by atoms with van der Waals surface area (Å²) >= 11 is 0. The number of rotatable bonds is 3. The molecule has 0 saturated heterocycles. The van der Waals surface area contributed by atoms with Gasteiger partial charge < -0.3 is 14.7 Å². The van der Waals surface area contributed by atoms with Crippen molar-refractivity contribution in [2.75, 3.05) is 6.54 Å². The van der Waals surface area contributed by atoms with Gasteiger partial charge in [0.15, 0.2) is 0 Å². The third-order valence-corrected chi connectivity index (χ3v) is 6.18. The van der Waals surface area contributed by atoms with E-state index in [-0.39, 0.29) is 17.5 Å².